The van der Waals surface area contributed by atoms with E-state index in [9.17, 15) is 10.1 Å². The van der Waals surface area contributed by atoms with E-state index in [1.165, 1.54) is 11.1 Å². The molecule has 0 N–H and O–H groups in total. The van der Waals surface area contributed by atoms with Crippen molar-refractivity contribution in [3.63, 3.8) is 0 Å². The van der Waals surface area contributed by atoms with Crippen LogP contribution in [0.3, 0.4) is 0 Å². The highest BCUT2D eigenvalue weighted by molar-refractivity contribution is 5.66. The molecule has 0 aromatic heterocycles. The van der Waals surface area contributed by atoms with Gasteiger partial charge in [0.25, 0.3) is 5.69 Å². The fourth-order valence-electron chi connectivity index (χ4n) is 3.51. The van der Waals surface area contributed by atoms with E-state index in [1.807, 2.05) is 6.07 Å². The first-order chi connectivity index (χ1) is 12.7. The highest BCUT2D eigenvalue weighted by Gasteiger charge is 2.23. The van der Waals surface area contributed by atoms with Crippen LogP contribution >= 0.6 is 0 Å². The molecule has 6 nitrogen and oxygen atoms in total. The zero-order valence-electron chi connectivity index (χ0n) is 14.4. The molecule has 0 bridgehead atoms. The maximum Gasteiger partial charge on any atom is 0.270 e. The summed E-state index contributed by atoms with van der Waals surface area (Å²) in [5, 5.41) is 11.2. The van der Waals surface area contributed by atoms with Crippen molar-refractivity contribution in [3.8, 4) is 5.75 Å². The zero-order valence-corrected chi connectivity index (χ0v) is 14.4. The van der Waals surface area contributed by atoms with Gasteiger partial charge in [-0.25, -0.2) is 0 Å². The number of hydrogen-bond acceptors (Lipinski definition) is 5. The SMILES string of the molecule is O=[N+]([O-])c1cc2c(c(CN3CC=C(c4ccccc4)CC3)c1)OCOC2. The maximum absolute atomic E-state index is 11.2. The Morgan fingerprint density at radius 2 is 2.04 bits per heavy atom. The number of non-ortho nitro benzene ring substituents is 1. The van der Waals surface area contributed by atoms with Crippen LogP contribution in [-0.2, 0) is 17.9 Å². The topological polar surface area (TPSA) is 64.8 Å². The summed E-state index contributed by atoms with van der Waals surface area (Å²) in [7, 11) is 0. The molecule has 2 aliphatic rings. The summed E-state index contributed by atoms with van der Waals surface area (Å²) in [6.45, 7) is 2.90. The Hall–Kier alpha value is -2.70. The largest absolute Gasteiger partial charge is 0.467 e. The summed E-state index contributed by atoms with van der Waals surface area (Å²) in [4.78, 5) is 13.2. The number of nitro benzene ring substituents is 1. The molecule has 2 aromatic rings. The van der Waals surface area contributed by atoms with E-state index in [0.717, 1.165) is 36.4 Å². The zero-order chi connectivity index (χ0) is 17.9. The Morgan fingerprint density at radius 3 is 2.77 bits per heavy atom. The highest BCUT2D eigenvalue weighted by atomic mass is 16.7. The lowest BCUT2D eigenvalue weighted by Gasteiger charge is -2.28. The van der Waals surface area contributed by atoms with E-state index < -0.39 is 0 Å². The molecule has 0 saturated carbocycles. The first-order valence-electron chi connectivity index (χ1n) is 8.68. The van der Waals surface area contributed by atoms with Gasteiger partial charge in [0, 0.05) is 42.9 Å². The molecule has 0 unspecified atom stereocenters. The Bertz CT molecular complexity index is 848. The number of hydrogen-bond donors (Lipinski definition) is 0. The van der Waals surface area contributed by atoms with Crippen molar-refractivity contribution in [1.82, 2.24) is 4.90 Å². The van der Waals surface area contributed by atoms with Crippen molar-refractivity contribution in [2.24, 2.45) is 0 Å². The van der Waals surface area contributed by atoms with Crippen LogP contribution in [0, 0.1) is 10.1 Å². The average molecular weight is 352 g/mol. The summed E-state index contributed by atoms with van der Waals surface area (Å²) in [5.41, 5.74) is 4.31. The summed E-state index contributed by atoms with van der Waals surface area (Å²) in [6, 6.07) is 13.6. The average Bonchev–Trinajstić information content (AvgIpc) is 2.69. The van der Waals surface area contributed by atoms with Crippen LogP contribution in [0.4, 0.5) is 5.69 Å². The molecular weight excluding hydrogens is 332 g/mol. The van der Waals surface area contributed by atoms with Crippen molar-refractivity contribution in [3.05, 3.63) is 75.3 Å². The number of fused-ring (bicyclic) bond motifs is 1. The van der Waals surface area contributed by atoms with E-state index in [2.05, 4.69) is 35.2 Å². The summed E-state index contributed by atoms with van der Waals surface area (Å²) in [6.07, 6.45) is 3.21. The second kappa shape index (κ2) is 7.27. The minimum atomic E-state index is -0.359. The normalized spacial score (nSPS) is 17.2. The Kier molecular flexibility index (Phi) is 4.69. The van der Waals surface area contributed by atoms with Gasteiger partial charge < -0.3 is 9.47 Å². The lowest BCUT2D eigenvalue weighted by Crippen LogP contribution is -2.28. The molecule has 26 heavy (non-hydrogen) atoms. The quantitative estimate of drug-likeness (QED) is 0.619. The monoisotopic (exact) mass is 352 g/mol. The van der Waals surface area contributed by atoms with Crippen LogP contribution in [0.15, 0.2) is 48.5 Å². The minimum absolute atomic E-state index is 0.0883. The van der Waals surface area contributed by atoms with Crippen LogP contribution < -0.4 is 4.74 Å². The van der Waals surface area contributed by atoms with E-state index >= 15 is 0 Å². The first-order valence-corrected chi connectivity index (χ1v) is 8.68. The Morgan fingerprint density at radius 1 is 1.19 bits per heavy atom. The van der Waals surface area contributed by atoms with Gasteiger partial charge in [-0.15, -0.1) is 0 Å². The molecule has 0 spiro atoms. The van der Waals surface area contributed by atoms with Gasteiger partial charge in [-0.3, -0.25) is 15.0 Å². The molecule has 0 amide bonds. The fourth-order valence-corrected chi connectivity index (χ4v) is 3.51. The van der Waals surface area contributed by atoms with Crippen LogP contribution in [0.5, 0.6) is 5.75 Å². The summed E-state index contributed by atoms with van der Waals surface area (Å²) < 4.78 is 10.9. The van der Waals surface area contributed by atoms with Gasteiger partial charge in [0.05, 0.1) is 11.5 Å². The second-order valence-corrected chi connectivity index (χ2v) is 6.54. The lowest BCUT2D eigenvalue weighted by atomic mass is 9.99. The van der Waals surface area contributed by atoms with Gasteiger partial charge in [-0.2, -0.15) is 0 Å². The molecule has 134 valence electrons. The van der Waals surface area contributed by atoms with Crippen LogP contribution in [-0.4, -0.2) is 29.7 Å². The third-order valence-corrected chi connectivity index (χ3v) is 4.81. The third-order valence-electron chi connectivity index (χ3n) is 4.81. The highest BCUT2D eigenvalue weighted by Crippen LogP contribution is 2.34. The molecule has 2 aromatic carbocycles. The molecule has 0 fully saturated rings. The van der Waals surface area contributed by atoms with E-state index in [1.54, 1.807) is 12.1 Å². The Labute approximate surface area is 151 Å². The second-order valence-electron chi connectivity index (χ2n) is 6.54. The van der Waals surface area contributed by atoms with Crippen molar-refractivity contribution in [2.75, 3.05) is 19.9 Å². The number of ether oxygens (including phenoxy) is 2. The van der Waals surface area contributed by atoms with Gasteiger partial charge in [0.15, 0.2) is 6.79 Å². The van der Waals surface area contributed by atoms with Crippen molar-refractivity contribution in [1.29, 1.82) is 0 Å². The molecule has 2 aliphatic heterocycles. The summed E-state index contributed by atoms with van der Waals surface area (Å²) in [5.74, 6) is 0.736. The standard InChI is InChI=1S/C20H20N2O4/c23-22(24)19-10-17(20-18(11-19)13-25-14-26-20)12-21-8-6-16(7-9-21)15-4-2-1-3-5-15/h1-6,10-11H,7-9,12-14H2. The van der Waals surface area contributed by atoms with Crippen molar-refractivity contribution in [2.45, 2.75) is 19.6 Å². The molecule has 0 atom stereocenters. The van der Waals surface area contributed by atoms with Gasteiger partial charge in [0.2, 0.25) is 0 Å². The van der Waals surface area contributed by atoms with Crippen LogP contribution in [0.2, 0.25) is 0 Å². The molecule has 0 saturated heterocycles. The predicted octanol–water partition coefficient (Wildman–Crippen LogP) is 3.75. The van der Waals surface area contributed by atoms with Gasteiger partial charge in [-0.05, 0) is 17.6 Å². The Balaban J connectivity index is 1.54. The van der Waals surface area contributed by atoms with Crippen LogP contribution in [0.1, 0.15) is 23.1 Å². The number of nitro groups is 1. The summed E-state index contributed by atoms with van der Waals surface area (Å²) >= 11 is 0. The molecule has 0 radical (unpaired) electrons. The number of benzene rings is 2. The third kappa shape index (κ3) is 3.47. The van der Waals surface area contributed by atoms with E-state index in [0.29, 0.717) is 13.2 Å². The van der Waals surface area contributed by atoms with E-state index in [-0.39, 0.29) is 17.4 Å². The molecule has 4 rings (SSSR count). The van der Waals surface area contributed by atoms with Gasteiger partial charge >= 0.3 is 0 Å². The van der Waals surface area contributed by atoms with Crippen molar-refractivity contribution < 1.29 is 14.4 Å². The number of rotatable bonds is 4. The van der Waals surface area contributed by atoms with Crippen LogP contribution in [0.25, 0.3) is 5.57 Å². The van der Waals surface area contributed by atoms with Crippen molar-refractivity contribution >= 4 is 11.3 Å². The molecule has 6 heteroatoms. The number of nitrogens with zero attached hydrogens (tertiary/aromatic N) is 2. The minimum Gasteiger partial charge on any atom is -0.467 e. The molecule has 0 aliphatic carbocycles. The maximum atomic E-state index is 11.2. The molecular formula is C20H20N2O4. The molecule has 2 heterocycles. The van der Waals surface area contributed by atoms with Gasteiger partial charge in [0.1, 0.15) is 5.75 Å². The fraction of sp³-hybridized carbons (Fsp3) is 0.300. The smallest absolute Gasteiger partial charge is 0.270 e. The van der Waals surface area contributed by atoms with Gasteiger partial charge in [-0.1, -0.05) is 36.4 Å². The lowest BCUT2D eigenvalue weighted by molar-refractivity contribution is -0.385. The predicted molar refractivity (Wildman–Crippen MR) is 97.7 cm³/mol. The first kappa shape index (κ1) is 16.8. The van der Waals surface area contributed by atoms with E-state index in [4.69, 9.17) is 9.47 Å².